The van der Waals surface area contributed by atoms with Crippen LogP contribution < -0.4 is 4.90 Å². The fourth-order valence-corrected chi connectivity index (χ4v) is 3.18. The van der Waals surface area contributed by atoms with Gasteiger partial charge >= 0.3 is 0 Å². The number of hydrogen-bond acceptors (Lipinski definition) is 3. The zero-order chi connectivity index (χ0) is 14.5. The first-order valence-corrected chi connectivity index (χ1v) is 7.96. The Bertz CT molecular complexity index is 507. The normalized spacial score (nSPS) is 15.6. The molecule has 1 aromatic rings. The number of carbonyl (C=O) groups excluding carboxylic acids is 1. The van der Waals surface area contributed by atoms with Crippen molar-refractivity contribution in [1.29, 1.82) is 0 Å². The smallest absolute Gasteiger partial charge is 0.255 e. The van der Waals surface area contributed by atoms with E-state index < -0.39 is 6.10 Å². The second-order valence-electron chi connectivity index (χ2n) is 4.54. The third-order valence-electron chi connectivity index (χ3n) is 3.09. The van der Waals surface area contributed by atoms with Gasteiger partial charge in [-0.2, -0.15) is 0 Å². The number of thioether (sulfide) groups is 1. The van der Waals surface area contributed by atoms with Gasteiger partial charge in [-0.25, -0.2) is 0 Å². The molecule has 1 aliphatic heterocycles. The summed E-state index contributed by atoms with van der Waals surface area (Å²) in [5.41, 5.74) is 0.887. The summed E-state index contributed by atoms with van der Waals surface area (Å²) in [6.07, 6.45) is 2.07. The number of anilines is 1. The van der Waals surface area contributed by atoms with E-state index in [0.29, 0.717) is 18.2 Å². The minimum atomic E-state index is -0.454. The Hall–Kier alpha value is -0.970. The quantitative estimate of drug-likeness (QED) is 0.612. The number of benzene rings is 1. The van der Waals surface area contributed by atoms with Crippen LogP contribution in [-0.2, 0) is 9.53 Å². The SMILES string of the molecule is C=CCCOC(C)C(=O)N1CCSc2ccc(Cl)cc21. The third-order valence-corrected chi connectivity index (χ3v) is 4.37. The predicted molar refractivity (Wildman–Crippen MR) is 84.8 cm³/mol. The van der Waals surface area contributed by atoms with E-state index in [-0.39, 0.29) is 5.91 Å². The molecule has 108 valence electrons. The van der Waals surface area contributed by atoms with Crippen LogP contribution in [0.4, 0.5) is 5.69 Å². The first kappa shape index (κ1) is 15.4. The lowest BCUT2D eigenvalue weighted by Gasteiger charge is -2.31. The monoisotopic (exact) mass is 311 g/mol. The highest BCUT2D eigenvalue weighted by atomic mass is 35.5. The lowest BCUT2D eigenvalue weighted by molar-refractivity contribution is -0.128. The van der Waals surface area contributed by atoms with Crippen LogP contribution in [0.15, 0.2) is 35.7 Å². The van der Waals surface area contributed by atoms with E-state index in [4.69, 9.17) is 16.3 Å². The van der Waals surface area contributed by atoms with Gasteiger partial charge in [0.2, 0.25) is 0 Å². The van der Waals surface area contributed by atoms with Crippen LogP contribution in [0.3, 0.4) is 0 Å². The number of nitrogens with zero attached hydrogens (tertiary/aromatic N) is 1. The van der Waals surface area contributed by atoms with Crippen molar-refractivity contribution in [2.24, 2.45) is 0 Å². The van der Waals surface area contributed by atoms with Gasteiger partial charge in [0, 0.05) is 22.2 Å². The molecule has 1 heterocycles. The fraction of sp³-hybridized carbons (Fsp3) is 0.400. The van der Waals surface area contributed by atoms with E-state index in [1.165, 1.54) is 0 Å². The van der Waals surface area contributed by atoms with E-state index in [1.54, 1.807) is 29.7 Å². The molecule has 20 heavy (non-hydrogen) atoms. The van der Waals surface area contributed by atoms with Gasteiger partial charge in [-0.05, 0) is 31.5 Å². The summed E-state index contributed by atoms with van der Waals surface area (Å²) < 4.78 is 5.54. The average molecular weight is 312 g/mol. The van der Waals surface area contributed by atoms with Gasteiger partial charge in [-0.1, -0.05) is 17.7 Å². The predicted octanol–water partition coefficient (Wildman–Crippen LogP) is 3.76. The molecular formula is C15H18ClNO2S. The molecule has 1 amide bonds. The summed E-state index contributed by atoms with van der Waals surface area (Å²) >= 11 is 7.78. The topological polar surface area (TPSA) is 29.5 Å². The molecular weight excluding hydrogens is 294 g/mol. The second-order valence-corrected chi connectivity index (χ2v) is 6.11. The number of fused-ring (bicyclic) bond motifs is 1. The van der Waals surface area contributed by atoms with E-state index in [9.17, 15) is 4.79 Å². The highest BCUT2D eigenvalue weighted by molar-refractivity contribution is 7.99. The zero-order valence-electron chi connectivity index (χ0n) is 11.5. The van der Waals surface area contributed by atoms with E-state index in [0.717, 1.165) is 22.8 Å². The highest BCUT2D eigenvalue weighted by Crippen LogP contribution is 2.36. The Morgan fingerprint density at radius 2 is 2.45 bits per heavy atom. The largest absolute Gasteiger partial charge is 0.368 e. The number of rotatable bonds is 5. The summed E-state index contributed by atoms with van der Waals surface area (Å²) in [4.78, 5) is 15.4. The number of amides is 1. The molecule has 1 unspecified atom stereocenters. The van der Waals surface area contributed by atoms with Crippen LogP contribution in [0.5, 0.6) is 0 Å². The fourth-order valence-electron chi connectivity index (χ4n) is 2.04. The van der Waals surface area contributed by atoms with Crippen molar-refractivity contribution in [3.63, 3.8) is 0 Å². The van der Waals surface area contributed by atoms with Crippen LogP contribution in [0.25, 0.3) is 0 Å². The molecule has 0 bridgehead atoms. The van der Waals surface area contributed by atoms with Crippen LogP contribution in [0.1, 0.15) is 13.3 Å². The Labute approximate surface area is 128 Å². The molecule has 0 N–H and O–H groups in total. The minimum absolute atomic E-state index is 0.0159. The van der Waals surface area contributed by atoms with Gasteiger partial charge in [0.25, 0.3) is 5.91 Å². The number of hydrogen-bond donors (Lipinski definition) is 0. The molecule has 1 atom stereocenters. The molecule has 3 nitrogen and oxygen atoms in total. The van der Waals surface area contributed by atoms with Gasteiger partial charge in [-0.15, -0.1) is 18.3 Å². The van der Waals surface area contributed by atoms with Crippen molar-refractivity contribution >= 4 is 35.0 Å². The summed E-state index contributed by atoms with van der Waals surface area (Å²) in [7, 11) is 0. The zero-order valence-corrected chi connectivity index (χ0v) is 13.0. The third kappa shape index (κ3) is 3.57. The molecule has 0 aliphatic carbocycles. The van der Waals surface area contributed by atoms with Crippen LogP contribution in [0, 0.1) is 0 Å². The minimum Gasteiger partial charge on any atom is -0.368 e. The Balaban J connectivity index is 2.11. The number of ether oxygens (including phenoxy) is 1. The molecule has 2 rings (SSSR count). The molecule has 0 spiro atoms. The lowest BCUT2D eigenvalue weighted by atomic mass is 10.2. The molecule has 0 aromatic heterocycles. The van der Waals surface area contributed by atoms with Crippen molar-refractivity contribution in [3.8, 4) is 0 Å². The lowest BCUT2D eigenvalue weighted by Crippen LogP contribution is -2.42. The van der Waals surface area contributed by atoms with Crippen molar-refractivity contribution in [1.82, 2.24) is 0 Å². The molecule has 0 saturated carbocycles. The van der Waals surface area contributed by atoms with Crippen LogP contribution in [-0.4, -0.2) is 30.9 Å². The Kier molecular flexibility index (Phi) is 5.52. The maximum Gasteiger partial charge on any atom is 0.255 e. The van der Waals surface area contributed by atoms with Crippen molar-refractivity contribution < 1.29 is 9.53 Å². The number of carbonyl (C=O) groups is 1. The number of halogens is 1. The van der Waals surface area contributed by atoms with Gasteiger partial charge < -0.3 is 9.64 Å². The maximum atomic E-state index is 12.5. The highest BCUT2D eigenvalue weighted by Gasteiger charge is 2.27. The Morgan fingerprint density at radius 1 is 1.65 bits per heavy atom. The maximum absolute atomic E-state index is 12.5. The average Bonchev–Trinajstić information content (AvgIpc) is 2.46. The van der Waals surface area contributed by atoms with Crippen LogP contribution in [0.2, 0.25) is 5.02 Å². The second kappa shape index (κ2) is 7.16. The molecule has 0 radical (unpaired) electrons. The van der Waals surface area contributed by atoms with Gasteiger partial charge in [-0.3, -0.25) is 4.79 Å². The summed E-state index contributed by atoms with van der Waals surface area (Å²) in [5.74, 6) is 0.873. The molecule has 1 aromatic carbocycles. The standard InChI is InChI=1S/C15H18ClNO2S/c1-3-4-8-19-11(2)15(18)17-7-9-20-14-6-5-12(16)10-13(14)17/h3,5-6,10-11H,1,4,7-9H2,2H3. The first-order chi connectivity index (χ1) is 9.63. The van der Waals surface area contributed by atoms with E-state index >= 15 is 0 Å². The van der Waals surface area contributed by atoms with E-state index in [1.807, 2.05) is 18.2 Å². The van der Waals surface area contributed by atoms with Crippen molar-refractivity contribution in [3.05, 3.63) is 35.9 Å². The van der Waals surface area contributed by atoms with E-state index in [2.05, 4.69) is 6.58 Å². The van der Waals surface area contributed by atoms with Gasteiger partial charge in [0.05, 0.1) is 12.3 Å². The molecule has 0 saturated heterocycles. The molecule has 0 fully saturated rings. The first-order valence-electron chi connectivity index (χ1n) is 6.59. The van der Waals surface area contributed by atoms with Gasteiger partial charge in [0.1, 0.15) is 6.10 Å². The summed E-state index contributed by atoms with van der Waals surface area (Å²) in [6.45, 7) is 6.63. The molecule has 5 heteroatoms. The van der Waals surface area contributed by atoms with Crippen LogP contribution >= 0.6 is 23.4 Å². The molecule has 1 aliphatic rings. The van der Waals surface area contributed by atoms with Gasteiger partial charge in [0.15, 0.2) is 0 Å². The van der Waals surface area contributed by atoms with Crippen molar-refractivity contribution in [2.75, 3.05) is 23.8 Å². The summed E-state index contributed by atoms with van der Waals surface area (Å²) in [5, 5.41) is 0.643. The van der Waals surface area contributed by atoms with Crippen molar-refractivity contribution in [2.45, 2.75) is 24.3 Å². The Morgan fingerprint density at radius 3 is 3.20 bits per heavy atom. The summed E-state index contributed by atoms with van der Waals surface area (Å²) in [6, 6.07) is 5.66.